The summed E-state index contributed by atoms with van der Waals surface area (Å²) < 4.78 is 0.760. The van der Waals surface area contributed by atoms with Crippen LogP contribution in [0.1, 0.15) is 30.5 Å². The third kappa shape index (κ3) is 2.72. The largest absolute Gasteiger partial charge is 0.386 e. The Bertz CT molecular complexity index is 452. The third-order valence-electron chi connectivity index (χ3n) is 2.26. The maximum atomic E-state index is 10.0. The molecule has 0 aliphatic carbocycles. The van der Waals surface area contributed by atoms with E-state index in [9.17, 15) is 5.11 Å². The van der Waals surface area contributed by atoms with Gasteiger partial charge >= 0.3 is 0 Å². The number of aliphatic hydroxyl groups is 1. The lowest BCUT2D eigenvalue weighted by Gasteiger charge is -2.21. The first-order valence-corrected chi connectivity index (χ1v) is 5.75. The van der Waals surface area contributed by atoms with Crippen LogP contribution in [-0.4, -0.2) is 5.11 Å². The van der Waals surface area contributed by atoms with Crippen LogP contribution in [0.15, 0.2) is 29.3 Å². The average molecular weight is 280 g/mol. The van der Waals surface area contributed by atoms with E-state index in [1.54, 1.807) is 26.0 Å². The fourth-order valence-corrected chi connectivity index (χ4v) is 2.65. The van der Waals surface area contributed by atoms with Gasteiger partial charge < -0.3 is 5.11 Å². The van der Waals surface area contributed by atoms with Gasteiger partial charge in [0.15, 0.2) is 0 Å². The Morgan fingerprint density at radius 2 is 2.19 bits per heavy atom. The topological polar surface area (TPSA) is 44.0 Å². The minimum absolute atomic E-state index is 0.499. The summed E-state index contributed by atoms with van der Waals surface area (Å²) in [6, 6.07) is 5.82. The molecule has 0 aliphatic rings. The van der Waals surface area contributed by atoms with Gasteiger partial charge in [0, 0.05) is 10.0 Å². The van der Waals surface area contributed by atoms with Crippen LogP contribution in [0.3, 0.4) is 0 Å². The Labute approximate surface area is 104 Å². The van der Waals surface area contributed by atoms with Crippen LogP contribution < -0.4 is 0 Å². The van der Waals surface area contributed by atoms with Crippen molar-refractivity contribution < 1.29 is 5.11 Å². The van der Waals surface area contributed by atoms with Crippen molar-refractivity contribution in [3.8, 4) is 6.07 Å². The molecule has 0 unspecified atom stereocenters. The second-order valence-corrected chi connectivity index (χ2v) is 5.02. The van der Waals surface area contributed by atoms with Crippen molar-refractivity contribution in [2.24, 2.45) is 0 Å². The van der Waals surface area contributed by atoms with Crippen LogP contribution in [0.2, 0.25) is 0 Å². The lowest BCUT2D eigenvalue weighted by atomic mass is 9.92. The van der Waals surface area contributed by atoms with Crippen molar-refractivity contribution in [1.29, 1.82) is 5.26 Å². The van der Waals surface area contributed by atoms with Gasteiger partial charge in [-0.25, -0.2) is 0 Å². The first-order valence-electron chi connectivity index (χ1n) is 4.96. The number of halogens is 1. The summed E-state index contributed by atoms with van der Waals surface area (Å²) in [5, 5.41) is 19.1. The van der Waals surface area contributed by atoms with E-state index >= 15 is 0 Å². The molecule has 1 aromatic rings. The molecule has 84 valence electrons. The molecule has 0 aliphatic heterocycles. The third-order valence-corrected chi connectivity index (χ3v) is 2.89. The molecule has 0 spiro atoms. The highest BCUT2D eigenvalue weighted by molar-refractivity contribution is 9.10. The van der Waals surface area contributed by atoms with Gasteiger partial charge in [-0.1, -0.05) is 22.0 Å². The lowest BCUT2D eigenvalue weighted by molar-refractivity contribution is 0.0775. The number of hydrogen-bond donors (Lipinski definition) is 1. The second kappa shape index (κ2) is 4.82. The lowest BCUT2D eigenvalue weighted by Crippen LogP contribution is -2.18. The molecule has 0 radical (unpaired) electrons. The zero-order valence-corrected chi connectivity index (χ0v) is 11.0. The summed E-state index contributed by atoms with van der Waals surface area (Å²) in [5.41, 5.74) is 1.10. The van der Waals surface area contributed by atoms with Gasteiger partial charge in [0.2, 0.25) is 0 Å². The molecule has 1 aromatic carbocycles. The summed E-state index contributed by atoms with van der Waals surface area (Å²) in [6.07, 6.45) is 2.49. The number of allylic oxidation sites excluding steroid dienone is 1. The minimum Gasteiger partial charge on any atom is -0.386 e. The van der Waals surface area contributed by atoms with Gasteiger partial charge in [-0.15, -0.1) is 6.58 Å². The standard InChI is InChI=1S/C13H14BrNO/c1-4-5-9-6-10(8-15)12(11(14)7-9)13(2,3)16/h4,6-7,16H,1,5H2,2-3H3. The quantitative estimate of drug-likeness (QED) is 0.863. The first kappa shape index (κ1) is 13.0. The molecular formula is C13H14BrNO. The first-order chi connectivity index (χ1) is 7.40. The maximum Gasteiger partial charge on any atom is 0.0996 e. The van der Waals surface area contributed by atoms with Gasteiger partial charge in [-0.2, -0.15) is 5.26 Å². The van der Waals surface area contributed by atoms with E-state index in [1.807, 2.05) is 6.07 Å². The zero-order chi connectivity index (χ0) is 12.3. The molecule has 0 saturated carbocycles. The van der Waals surface area contributed by atoms with Gasteiger partial charge in [0.25, 0.3) is 0 Å². The van der Waals surface area contributed by atoms with Crippen molar-refractivity contribution in [3.05, 3.63) is 46.0 Å². The molecule has 1 rings (SSSR count). The Morgan fingerprint density at radius 3 is 2.62 bits per heavy atom. The summed E-state index contributed by atoms with van der Waals surface area (Å²) in [6.45, 7) is 7.00. The second-order valence-electron chi connectivity index (χ2n) is 4.16. The maximum absolute atomic E-state index is 10.0. The molecule has 16 heavy (non-hydrogen) atoms. The highest BCUT2D eigenvalue weighted by atomic mass is 79.9. The van der Waals surface area contributed by atoms with E-state index in [-0.39, 0.29) is 0 Å². The number of benzene rings is 1. The summed E-state index contributed by atoms with van der Waals surface area (Å²) in [7, 11) is 0. The van der Waals surface area contributed by atoms with Crippen LogP contribution in [0.5, 0.6) is 0 Å². The van der Waals surface area contributed by atoms with E-state index in [0.29, 0.717) is 17.5 Å². The molecule has 1 N–H and O–H groups in total. The van der Waals surface area contributed by atoms with E-state index in [2.05, 4.69) is 28.6 Å². The Morgan fingerprint density at radius 1 is 1.56 bits per heavy atom. The van der Waals surface area contributed by atoms with Crippen LogP contribution in [-0.2, 0) is 12.0 Å². The smallest absolute Gasteiger partial charge is 0.0996 e. The SMILES string of the molecule is C=CCc1cc(Br)c(C(C)(C)O)c(C#N)c1. The van der Waals surface area contributed by atoms with E-state index < -0.39 is 5.60 Å². The molecule has 0 amide bonds. The molecule has 0 atom stereocenters. The van der Waals surface area contributed by atoms with Gasteiger partial charge in [0.1, 0.15) is 0 Å². The van der Waals surface area contributed by atoms with Crippen molar-refractivity contribution in [2.45, 2.75) is 25.9 Å². The van der Waals surface area contributed by atoms with Gasteiger partial charge in [-0.05, 0) is 38.0 Å². The average Bonchev–Trinajstić information content (AvgIpc) is 2.15. The van der Waals surface area contributed by atoms with Crippen molar-refractivity contribution in [1.82, 2.24) is 0 Å². The van der Waals surface area contributed by atoms with E-state index in [1.165, 1.54) is 0 Å². The van der Waals surface area contributed by atoms with Crippen molar-refractivity contribution >= 4 is 15.9 Å². The van der Waals surface area contributed by atoms with Crippen LogP contribution in [0.4, 0.5) is 0 Å². The molecule has 0 fully saturated rings. The molecule has 3 heteroatoms. The molecule has 0 bridgehead atoms. The number of nitrogens with zero attached hydrogens (tertiary/aromatic N) is 1. The highest BCUT2D eigenvalue weighted by Gasteiger charge is 2.23. The highest BCUT2D eigenvalue weighted by Crippen LogP contribution is 2.32. The van der Waals surface area contributed by atoms with E-state index in [0.717, 1.165) is 10.0 Å². The number of rotatable bonds is 3. The summed E-state index contributed by atoms with van der Waals surface area (Å²) in [5.74, 6) is 0. The fourth-order valence-electron chi connectivity index (χ4n) is 1.66. The van der Waals surface area contributed by atoms with Gasteiger partial charge in [-0.3, -0.25) is 0 Å². The molecule has 2 nitrogen and oxygen atoms in total. The van der Waals surface area contributed by atoms with Gasteiger partial charge in [0.05, 0.1) is 17.2 Å². The molecule has 0 heterocycles. The van der Waals surface area contributed by atoms with Crippen LogP contribution >= 0.6 is 15.9 Å². The van der Waals surface area contributed by atoms with Crippen molar-refractivity contribution in [3.63, 3.8) is 0 Å². The zero-order valence-electron chi connectivity index (χ0n) is 9.42. The fraction of sp³-hybridized carbons (Fsp3) is 0.308. The Kier molecular flexibility index (Phi) is 3.90. The molecular weight excluding hydrogens is 266 g/mol. The molecule has 0 aromatic heterocycles. The van der Waals surface area contributed by atoms with Crippen LogP contribution in [0, 0.1) is 11.3 Å². The number of nitriles is 1. The molecule has 0 saturated heterocycles. The van der Waals surface area contributed by atoms with E-state index in [4.69, 9.17) is 5.26 Å². The number of hydrogen-bond acceptors (Lipinski definition) is 2. The minimum atomic E-state index is -1.03. The summed E-state index contributed by atoms with van der Waals surface area (Å²) in [4.78, 5) is 0. The Balaban J connectivity index is 3.42. The summed E-state index contributed by atoms with van der Waals surface area (Å²) >= 11 is 3.40. The predicted octanol–water partition coefficient (Wildman–Crippen LogP) is 3.28. The normalized spacial score (nSPS) is 10.9. The monoisotopic (exact) mass is 279 g/mol. The van der Waals surface area contributed by atoms with Crippen LogP contribution in [0.25, 0.3) is 0 Å². The van der Waals surface area contributed by atoms with Crippen molar-refractivity contribution in [2.75, 3.05) is 0 Å². The predicted molar refractivity (Wildman–Crippen MR) is 68.0 cm³/mol. The Hall–Kier alpha value is -1.11.